The minimum absolute atomic E-state index is 0.220. The highest BCUT2D eigenvalue weighted by Gasteiger charge is 2.27. The van der Waals surface area contributed by atoms with Crippen molar-refractivity contribution in [3.63, 3.8) is 0 Å². The van der Waals surface area contributed by atoms with Gasteiger partial charge in [-0.15, -0.1) is 6.58 Å². The molecule has 1 saturated heterocycles. The average molecular weight is 323 g/mol. The first-order valence-electron chi connectivity index (χ1n) is 7.13. The van der Waals surface area contributed by atoms with Crippen molar-refractivity contribution < 1.29 is 13.2 Å². The van der Waals surface area contributed by atoms with Crippen LogP contribution < -0.4 is 5.32 Å². The first-order chi connectivity index (χ1) is 10.4. The van der Waals surface area contributed by atoms with Crippen LogP contribution in [0.5, 0.6) is 0 Å². The Morgan fingerprint density at radius 1 is 1.23 bits per heavy atom. The molecule has 0 aliphatic carbocycles. The topological polar surface area (TPSA) is 69.7 Å². The number of nitrogens with one attached hydrogen (secondary N) is 1. The lowest BCUT2D eigenvalue weighted by molar-refractivity contribution is 0.0958. The molecule has 1 aromatic carbocycles. The van der Waals surface area contributed by atoms with Crippen LogP contribution in [0.1, 0.15) is 10.4 Å². The Balaban J connectivity index is 2.12. The number of sulfonamides is 1. The average Bonchev–Trinajstić information content (AvgIpc) is 2.53. The molecule has 22 heavy (non-hydrogen) atoms. The van der Waals surface area contributed by atoms with Crippen LogP contribution in [0, 0.1) is 0 Å². The number of carbonyl (C=O) groups is 1. The van der Waals surface area contributed by atoms with Gasteiger partial charge < -0.3 is 10.2 Å². The number of amides is 1. The Hall–Kier alpha value is -1.70. The van der Waals surface area contributed by atoms with Crippen LogP contribution in [0.2, 0.25) is 0 Å². The zero-order chi connectivity index (χ0) is 16.2. The number of hydrogen-bond donors (Lipinski definition) is 1. The van der Waals surface area contributed by atoms with E-state index in [2.05, 4.69) is 16.8 Å². The largest absolute Gasteiger partial charge is 0.349 e. The highest BCUT2D eigenvalue weighted by Crippen LogP contribution is 2.18. The van der Waals surface area contributed by atoms with Gasteiger partial charge in [-0.05, 0) is 31.3 Å². The highest BCUT2D eigenvalue weighted by molar-refractivity contribution is 7.89. The first kappa shape index (κ1) is 16.7. The molecule has 0 spiro atoms. The molecule has 7 heteroatoms. The minimum Gasteiger partial charge on any atom is -0.349 e. The molecule has 0 atom stereocenters. The lowest BCUT2D eigenvalue weighted by Gasteiger charge is -2.31. The molecule has 1 heterocycles. The van der Waals surface area contributed by atoms with E-state index in [1.165, 1.54) is 28.6 Å². The number of benzene rings is 1. The second-order valence-electron chi connectivity index (χ2n) is 5.23. The fourth-order valence-corrected chi connectivity index (χ4v) is 3.64. The predicted octanol–water partition coefficient (Wildman–Crippen LogP) is 0.539. The van der Waals surface area contributed by atoms with Gasteiger partial charge in [0.15, 0.2) is 0 Å². The maximum Gasteiger partial charge on any atom is 0.251 e. The Morgan fingerprint density at radius 2 is 1.82 bits per heavy atom. The van der Waals surface area contributed by atoms with Gasteiger partial charge in [0.25, 0.3) is 5.91 Å². The smallest absolute Gasteiger partial charge is 0.251 e. The summed E-state index contributed by atoms with van der Waals surface area (Å²) < 4.78 is 26.6. The summed E-state index contributed by atoms with van der Waals surface area (Å²) in [6.45, 7) is 6.32. The van der Waals surface area contributed by atoms with E-state index in [1.54, 1.807) is 6.08 Å². The van der Waals surface area contributed by atoms with Crippen molar-refractivity contribution in [2.75, 3.05) is 39.8 Å². The van der Waals surface area contributed by atoms with E-state index in [-0.39, 0.29) is 10.8 Å². The maximum atomic E-state index is 12.5. The van der Waals surface area contributed by atoms with Crippen molar-refractivity contribution in [2.45, 2.75) is 4.90 Å². The van der Waals surface area contributed by atoms with E-state index in [1.807, 2.05) is 7.05 Å². The number of piperazine rings is 1. The van der Waals surface area contributed by atoms with Crippen molar-refractivity contribution in [3.8, 4) is 0 Å². The van der Waals surface area contributed by atoms with Gasteiger partial charge in [-0.25, -0.2) is 8.42 Å². The molecule has 2 rings (SSSR count). The normalized spacial score (nSPS) is 17.1. The van der Waals surface area contributed by atoms with Crippen LogP contribution in [0.25, 0.3) is 0 Å². The molecular weight excluding hydrogens is 302 g/mol. The van der Waals surface area contributed by atoms with Gasteiger partial charge in [0.2, 0.25) is 10.0 Å². The number of nitrogens with zero attached hydrogens (tertiary/aromatic N) is 2. The third-order valence-electron chi connectivity index (χ3n) is 3.62. The van der Waals surface area contributed by atoms with Crippen molar-refractivity contribution >= 4 is 15.9 Å². The second-order valence-corrected chi connectivity index (χ2v) is 7.17. The molecule has 1 N–H and O–H groups in total. The molecule has 1 aromatic rings. The summed E-state index contributed by atoms with van der Waals surface area (Å²) in [7, 11) is -1.51. The van der Waals surface area contributed by atoms with Crippen LogP contribution in [-0.4, -0.2) is 63.3 Å². The molecular formula is C15H21N3O3S. The summed E-state index contributed by atoms with van der Waals surface area (Å²) in [4.78, 5) is 14.1. The summed E-state index contributed by atoms with van der Waals surface area (Å²) in [5.41, 5.74) is 0.430. The third-order valence-corrected chi connectivity index (χ3v) is 5.54. The summed E-state index contributed by atoms with van der Waals surface area (Å²) >= 11 is 0. The first-order valence-corrected chi connectivity index (χ1v) is 8.57. The van der Waals surface area contributed by atoms with Crippen molar-refractivity contribution in [2.24, 2.45) is 0 Å². The fraction of sp³-hybridized carbons (Fsp3) is 0.400. The Morgan fingerprint density at radius 3 is 2.36 bits per heavy atom. The van der Waals surface area contributed by atoms with Crippen molar-refractivity contribution in [3.05, 3.63) is 42.5 Å². The standard InChI is InChI=1S/C15H21N3O3S/c1-3-8-16-15(19)13-4-6-14(7-5-13)22(20,21)18-11-9-17(2)10-12-18/h3-7H,1,8-12H2,2H3,(H,16,19). The molecule has 6 nitrogen and oxygen atoms in total. The van der Waals surface area contributed by atoms with Gasteiger partial charge in [-0.2, -0.15) is 4.31 Å². The summed E-state index contributed by atoms with van der Waals surface area (Å²) in [6.07, 6.45) is 1.59. The number of carbonyl (C=O) groups excluding carboxylic acids is 1. The monoisotopic (exact) mass is 323 g/mol. The van der Waals surface area contributed by atoms with Crippen LogP contribution in [0.15, 0.2) is 41.8 Å². The zero-order valence-corrected chi connectivity index (χ0v) is 13.5. The van der Waals surface area contributed by atoms with Gasteiger partial charge in [-0.3, -0.25) is 4.79 Å². The molecule has 120 valence electrons. The van der Waals surface area contributed by atoms with Gasteiger partial charge in [-0.1, -0.05) is 6.08 Å². The molecule has 1 fully saturated rings. The molecule has 0 unspecified atom stereocenters. The maximum absolute atomic E-state index is 12.5. The molecule has 1 aliphatic heterocycles. The van der Waals surface area contributed by atoms with E-state index < -0.39 is 10.0 Å². The number of hydrogen-bond acceptors (Lipinski definition) is 4. The Bertz CT molecular complexity index is 633. The predicted molar refractivity (Wildman–Crippen MR) is 85.2 cm³/mol. The summed E-state index contributed by atoms with van der Waals surface area (Å²) in [5.74, 6) is -0.247. The van der Waals surface area contributed by atoms with Crippen molar-refractivity contribution in [1.82, 2.24) is 14.5 Å². The summed E-state index contributed by atoms with van der Waals surface area (Å²) in [5, 5.41) is 2.65. The fourth-order valence-electron chi connectivity index (χ4n) is 2.22. The Labute approximate surface area is 131 Å². The molecule has 1 aliphatic rings. The molecule has 1 amide bonds. The molecule has 0 radical (unpaired) electrons. The van der Waals surface area contributed by atoms with Crippen LogP contribution in [-0.2, 0) is 10.0 Å². The van der Waals surface area contributed by atoms with Gasteiger partial charge in [0.05, 0.1) is 4.90 Å². The lowest BCUT2D eigenvalue weighted by atomic mass is 10.2. The van der Waals surface area contributed by atoms with Crippen LogP contribution in [0.4, 0.5) is 0 Å². The zero-order valence-electron chi connectivity index (χ0n) is 12.7. The summed E-state index contributed by atoms with van der Waals surface area (Å²) in [6, 6.07) is 6.02. The highest BCUT2D eigenvalue weighted by atomic mass is 32.2. The molecule has 0 bridgehead atoms. The second kappa shape index (κ2) is 7.04. The number of likely N-dealkylation sites (N-methyl/N-ethyl adjacent to an activating group) is 1. The van der Waals surface area contributed by atoms with Gasteiger partial charge in [0.1, 0.15) is 0 Å². The van der Waals surface area contributed by atoms with E-state index >= 15 is 0 Å². The van der Waals surface area contributed by atoms with Gasteiger partial charge >= 0.3 is 0 Å². The van der Waals surface area contributed by atoms with Crippen LogP contribution in [0.3, 0.4) is 0 Å². The van der Waals surface area contributed by atoms with Crippen molar-refractivity contribution in [1.29, 1.82) is 0 Å². The van der Waals surface area contributed by atoms with E-state index in [4.69, 9.17) is 0 Å². The quantitative estimate of drug-likeness (QED) is 0.803. The minimum atomic E-state index is -3.49. The lowest BCUT2D eigenvalue weighted by Crippen LogP contribution is -2.47. The molecule has 0 aromatic heterocycles. The van der Waals surface area contributed by atoms with Crippen LogP contribution >= 0.6 is 0 Å². The molecule has 0 saturated carbocycles. The van der Waals surface area contributed by atoms with E-state index in [0.717, 1.165) is 13.1 Å². The third kappa shape index (κ3) is 3.73. The Kier molecular flexibility index (Phi) is 5.33. The van der Waals surface area contributed by atoms with E-state index in [9.17, 15) is 13.2 Å². The van der Waals surface area contributed by atoms with Gasteiger partial charge in [0, 0.05) is 38.3 Å². The number of rotatable bonds is 5. The van der Waals surface area contributed by atoms with E-state index in [0.29, 0.717) is 25.2 Å². The SMILES string of the molecule is C=CCNC(=O)c1ccc(S(=O)(=O)N2CCN(C)CC2)cc1.